The highest BCUT2D eigenvalue weighted by molar-refractivity contribution is 8.01. The van der Waals surface area contributed by atoms with Crippen molar-refractivity contribution in [3.05, 3.63) is 54.1 Å². The second-order valence-electron chi connectivity index (χ2n) is 11.9. The van der Waals surface area contributed by atoms with Gasteiger partial charge in [-0.1, -0.05) is 67.8 Å². The molecule has 5 rings (SSSR count). The first kappa shape index (κ1) is 39.9. The molecule has 0 atom stereocenters. The molecule has 0 unspecified atom stereocenters. The van der Waals surface area contributed by atoms with E-state index < -0.39 is 90.1 Å². The van der Waals surface area contributed by atoms with Crippen LogP contribution in [0, 0.1) is 0 Å². The first-order valence-electron chi connectivity index (χ1n) is 14.1. The van der Waals surface area contributed by atoms with E-state index in [0.29, 0.717) is 52.6 Å². The number of benzene rings is 4. The highest BCUT2D eigenvalue weighted by atomic mass is 32.2. The van der Waals surface area contributed by atoms with Crippen LogP contribution in [0.5, 0.6) is 23.0 Å². The van der Waals surface area contributed by atoms with E-state index in [1.54, 1.807) is 12.1 Å². The van der Waals surface area contributed by atoms with Crippen molar-refractivity contribution in [3.8, 4) is 23.0 Å². The molecule has 8 bridgehead atoms. The lowest BCUT2D eigenvalue weighted by molar-refractivity contribution is -0.139. The summed E-state index contributed by atoms with van der Waals surface area (Å²) in [7, 11) is -15.0. The number of carbonyl (C=O) groups is 1. The van der Waals surface area contributed by atoms with Crippen molar-refractivity contribution in [2.75, 3.05) is 6.61 Å². The average Bonchev–Trinajstić information content (AvgIpc) is 2.99. The average molecular weight is 851 g/mol. The lowest BCUT2D eigenvalue weighted by Gasteiger charge is -2.24. The minimum atomic E-state index is -5.02. The molecule has 4 aromatic rings. The van der Waals surface area contributed by atoms with Gasteiger partial charge in [0.25, 0.3) is 30.4 Å². The quantitative estimate of drug-likeness (QED) is 0.0934. The van der Waals surface area contributed by atoms with Crippen LogP contribution in [-0.2, 0) is 40.6 Å². The van der Waals surface area contributed by atoms with Crippen molar-refractivity contribution in [1.82, 2.24) is 0 Å². The van der Waals surface area contributed by atoms with Gasteiger partial charge in [-0.25, -0.2) is 4.79 Å². The molecule has 0 fully saturated rings. The molecule has 1 aliphatic rings. The second kappa shape index (κ2) is 14.2. The number of carboxylic acids is 1. The number of aliphatic carboxylic acids is 1. The summed E-state index contributed by atoms with van der Waals surface area (Å²) in [6, 6.07) is 8.18. The molecule has 4 aromatic carbocycles. The van der Waals surface area contributed by atoms with Crippen molar-refractivity contribution in [1.29, 1.82) is 0 Å². The number of fused-ring (bicyclic) bond motifs is 8. The molecule has 0 radical (unpaired) electrons. The highest BCUT2D eigenvalue weighted by Crippen LogP contribution is 2.55. The van der Waals surface area contributed by atoms with Crippen LogP contribution in [0.2, 0.25) is 0 Å². The van der Waals surface area contributed by atoms with E-state index in [9.17, 15) is 64.1 Å². The molecule has 278 valence electrons. The van der Waals surface area contributed by atoms with Crippen LogP contribution >= 0.6 is 47.0 Å². The fourth-order valence-corrected chi connectivity index (χ4v) is 11.0. The number of hydrogen-bond donors (Lipinski definition) is 7. The molecule has 0 saturated heterocycles. The smallest absolute Gasteiger partial charge is 0.341 e. The Bertz CT molecular complexity index is 2360. The van der Waals surface area contributed by atoms with Crippen molar-refractivity contribution in [2.24, 2.45) is 0 Å². The number of hydrogen-bond acceptors (Lipinski definition) is 15. The van der Waals surface area contributed by atoms with Gasteiger partial charge in [0.15, 0.2) is 6.61 Å². The van der Waals surface area contributed by atoms with Gasteiger partial charge in [0, 0.05) is 0 Å². The predicted octanol–water partition coefficient (Wildman–Crippen LogP) is 6.22. The molecular formula is C30H26O15S7. The van der Waals surface area contributed by atoms with Gasteiger partial charge < -0.3 is 25.2 Å². The fourth-order valence-electron chi connectivity index (χ4n) is 4.50. The topological polar surface area (TPSA) is 270 Å². The first-order valence-corrected chi connectivity index (χ1v) is 21.7. The lowest BCUT2D eigenvalue weighted by atomic mass is 9.87. The molecule has 0 saturated carbocycles. The number of aromatic hydroxyl groups is 3. The molecular weight excluding hydrogens is 825 g/mol. The minimum Gasteiger partial charge on any atom is -0.506 e. The van der Waals surface area contributed by atoms with Crippen LogP contribution in [0.15, 0.2) is 102 Å². The van der Waals surface area contributed by atoms with E-state index in [1.165, 1.54) is 0 Å². The van der Waals surface area contributed by atoms with Gasteiger partial charge in [-0.3, -0.25) is 13.7 Å². The van der Waals surface area contributed by atoms with Gasteiger partial charge in [0.1, 0.15) is 23.0 Å². The summed E-state index contributed by atoms with van der Waals surface area (Å²) in [5.41, 5.74) is -0.0699. The molecule has 1 aliphatic heterocycles. The summed E-state index contributed by atoms with van der Waals surface area (Å²) in [5, 5.41) is 43.8. The zero-order valence-corrected chi connectivity index (χ0v) is 32.3. The van der Waals surface area contributed by atoms with Gasteiger partial charge >= 0.3 is 5.97 Å². The van der Waals surface area contributed by atoms with Gasteiger partial charge in [-0.15, -0.1) is 0 Å². The maximum absolute atomic E-state index is 12.4. The maximum Gasteiger partial charge on any atom is 0.341 e. The Morgan fingerprint density at radius 2 is 0.827 bits per heavy atom. The molecule has 0 aliphatic carbocycles. The monoisotopic (exact) mass is 850 g/mol. The molecule has 1 heterocycles. The maximum atomic E-state index is 12.4. The number of rotatable bonds is 6. The first-order chi connectivity index (χ1) is 23.8. The van der Waals surface area contributed by atoms with Gasteiger partial charge in [0.05, 0.1) is 53.9 Å². The number of ether oxygens (including phenoxy) is 1. The van der Waals surface area contributed by atoms with Crippen LogP contribution in [-0.4, -0.2) is 71.9 Å². The molecule has 0 spiro atoms. The Hall–Kier alpha value is -3.32. The number of phenols is 3. The summed E-state index contributed by atoms with van der Waals surface area (Å²) in [5.74, 6) is -3.53. The van der Waals surface area contributed by atoms with Crippen molar-refractivity contribution in [3.63, 3.8) is 0 Å². The summed E-state index contributed by atoms with van der Waals surface area (Å²) in [6.07, 6.45) is 0. The van der Waals surface area contributed by atoms with Gasteiger partial charge in [0.2, 0.25) is 0 Å². The number of carboxylic acid groups (broad SMARTS) is 1. The Morgan fingerprint density at radius 3 is 1.06 bits per heavy atom. The third-order valence-electron chi connectivity index (χ3n) is 7.04. The zero-order chi connectivity index (χ0) is 38.7. The Kier molecular flexibility index (Phi) is 10.9. The predicted molar refractivity (Wildman–Crippen MR) is 189 cm³/mol. The summed E-state index contributed by atoms with van der Waals surface area (Å²) < 4.78 is 110. The van der Waals surface area contributed by atoms with Crippen molar-refractivity contribution >= 4 is 83.4 Å². The molecule has 0 amide bonds. The summed E-state index contributed by atoms with van der Waals surface area (Å²) in [4.78, 5) is 7.58. The highest BCUT2D eigenvalue weighted by Gasteiger charge is 2.29. The van der Waals surface area contributed by atoms with E-state index >= 15 is 0 Å². The molecule has 7 N–H and O–H groups in total. The van der Waals surface area contributed by atoms with Gasteiger partial charge in [-0.05, 0) is 59.5 Å². The Morgan fingerprint density at radius 1 is 0.558 bits per heavy atom. The summed E-state index contributed by atoms with van der Waals surface area (Å²) in [6.45, 7) is 4.57. The standard InChI is InChI=1S/C30H26O15S7/c1-30(2,3)13-4-23-29(45-12-25(31)32)24(5-13)49-22-11-16(52(42,43)44)9-20(28(22)35)47-18-7-14(50(36,37)38)6-17(26(18)33)46-19-8-15(51(39,40)41)10-21(48-23)27(19)34/h4-11,33-35H,12H2,1-3H3,(H,31,32)(H,36,37,38)(H,39,40,41)(H,42,43,44). The SMILES string of the molecule is CC(C)(C)c1cc2c(OCC(=O)O)c(c1)Sc1cc(S(=O)(=O)O)cc(c1O)Sc1cc(S(=O)(=O)O)cc(c1O)Sc1cc(S(=O)(=O)O)cc(c1O)S2. The number of phenolic OH excluding ortho intramolecular Hbond substituents is 3. The Balaban J connectivity index is 1.95. The zero-order valence-electron chi connectivity index (χ0n) is 26.6. The largest absolute Gasteiger partial charge is 0.506 e. The Labute approximate surface area is 314 Å². The second-order valence-corrected chi connectivity index (χ2v) is 20.5. The van der Waals surface area contributed by atoms with E-state index in [4.69, 9.17) is 4.74 Å². The third kappa shape index (κ3) is 8.72. The van der Waals surface area contributed by atoms with E-state index in [-0.39, 0.29) is 35.1 Å². The van der Waals surface area contributed by atoms with Crippen molar-refractivity contribution in [2.45, 2.75) is 80.0 Å². The van der Waals surface area contributed by atoms with E-state index in [2.05, 4.69) is 0 Å². The molecule has 52 heavy (non-hydrogen) atoms. The fraction of sp³-hybridized carbons (Fsp3) is 0.167. The van der Waals surface area contributed by atoms with Crippen LogP contribution in [0.25, 0.3) is 0 Å². The van der Waals surface area contributed by atoms with E-state index in [0.717, 1.165) is 36.4 Å². The van der Waals surface area contributed by atoms with Gasteiger partial charge in [-0.2, -0.15) is 25.3 Å². The van der Waals surface area contributed by atoms with E-state index in [1.807, 2.05) is 20.8 Å². The normalized spacial score (nSPS) is 13.8. The van der Waals surface area contributed by atoms with Crippen molar-refractivity contribution < 1.29 is 68.9 Å². The molecule has 0 aromatic heterocycles. The van der Waals surface area contributed by atoms with Crippen LogP contribution in [0.3, 0.4) is 0 Å². The van der Waals surface area contributed by atoms with Crippen LogP contribution < -0.4 is 4.74 Å². The lowest BCUT2D eigenvalue weighted by Crippen LogP contribution is -2.14. The summed E-state index contributed by atoms with van der Waals surface area (Å²) >= 11 is 2.17. The minimum absolute atomic E-state index is 0.0838. The molecule has 22 heteroatoms. The molecule has 15 nitrogen and oxygen atoms in total. The van der Waals surface area contributed by atoms with Crippen LogP contribution in [0.4, 0.5) is 0 Å². The van der Waals surface area contributed by atoms with Crippen LogP contribution in [0.1, 0.15) is 26.3 Å². The third-order valence-corrected chi connectivity index (χ3v) is 13.8.